The van der Waals surface area contributed by atoms with Crippen molar-refractivity contribution in [3.63, 3.8) is 0 Å². The molecule has 0 aromatic heterocycles. The Morgan fingerprint density at radius 2 is 1.37 bits per heavy atom. The molecule has 2 aliphatic heterocycles. The summed E-state index contributed by atoms with van der Waals surface area (Å²) in [5.74, 6) is -8.64. The third kappa shape index (κ3) is 13.1. The van der Waals surface area contributed by atoms with Crippen LogP contribution < -0.4 is 21.3 Å². The van der Waals surface area contributed by atoms with Gasteiger partial charge in [-0.1, -0.05) is 88.2 Å². The molecular formula is C40H57N5O7. The number of ketones is 1. The van der Waals surface area contributed by atoms with Crippen LogP contribution in [0.3, 0.4) is 0 Å². The van der Waals surface area contributed by atoms with Crippen LogP contribution in [0.4, 0.5) is 0 Å². The molecule has 2 saturated heterocycles. The molecule has 12 heteroatoms. The van der Waals surface area contributed by atoms with Crippen molar-refractivity contribution < 1.29 is 54.0 Å². The molecule has 2 aromatic rings. The molecule has 0 spiro atoms. The summed E-state index contributed by atoms with van der Waals surface area (Å²) in [5.41, 5.74) is -0.325. The van der Waals surface area contributed by atoms with Crippen LogP contribution in [-0.4, -0.2) is 103 Å². The van der Waals surface area contributed by atoms with Gasteiger partial charge in [-0.25, -0.2) is 0 Å². The maximum Gasteiger partial charge on any atom is 0.243 e. The number of morpholine rings is 1. The van der Waals surface area contributed by atoms with Gasteiger partial charge in [0.15, 0.2) is 5.78 Å². The van der Waals surface area contributed by atoms with Gasteiger partial charge in [-0.05, 0) is 55.5 Å². The highest BCUT2D eigenvalue weighted by atomic mass is 16.6. The van der Waals surface area contributed by atoms with Crippen LogP contribution in [-0.2, 0) is 46.3 Å². The molecule has 2 heterocycles. The number of aryl methyl sites for hydroxylation is 1. The van der Waals surface area contributed by atoms with Crippen molar-refractivity contribution in [2.75, 3.05) is 39.3 Å². The molecule has 4 amide bonds. The molecule has 4 N–H and O–H groups in total. The van der Waals surface area contributed by atoms with Gasteiger partial charge in [0.2, 0.25) is 23.6 Å². The number of rotatable bonds is 20. The van der Waals surface area contributed by atoms with Crippen LogP contribution in [0.2, 0.25) is 0 Å². The van der Waals surface area contributed by atoms with Crippen molar-refractivity contribution in [3.8, 4) is 0 Å². The van der Waals surface area contributed by atoms with E-state index in [1.165, 1.54) is 6.92 Å². The van der Waals surface area contributed by atoms with Crippen LogP contribution in [0, 0.1) is 11.8 Å². The van der Waals surface area contributed by atoms with Crippen molar-refractivity contribution in [1.29, 1.82) is 0 Å². The highest BCUT2D eigenvalue weighted by molar-refractivity contribution is 5.98. The number of ether oxygens (including phenoxy) is 2. The summed E-state index contributed by atoms with van der Waals surface area (Å²) >= 11 is 0. The average molecular weight is 735 g/mol. The number of Topliss-reactive ketones (excluding diaryl/α,β-unsaturated/α-hetero) is 1. The first-order chi connectivity index (χ1) is 30.6. The zero-order valence-corrected chi connectivity index (χ0v) is 29.4. The van der Waals surface area contributed by atoms with Crippen LogP contribution in [0.5, 0.6) is 0 Å². The molecule has 0 aliphatic carbocycles. The number of hydrogen-bond donors (Lipinski definition) is 4. The van der Waals surface area contributed by atoms with Crippen LogP contribution in [0.15, 0.2) is 60.7 Å². The van der Waals surface area contributed by atoms with Gasteiger partial charge in [0.1, 0.15) is 23.7 Å². The second-order valence-electron chi connectivity index (χ2n) is 13.3. The Hall–Kier alpha value is -4.13. The highest BCUT2D eigenvalue weighted by Crippen LogP contribution is 2.29. The lowest BCUT2D eigenvalue weighted by molar-refractivity contribution is -0.135. The minimum atomic E-state index is -3.46. The molecule has 12 nitrogen and oxygen atoms in total. The van der Waals surface area contributed by atoms with Gasteiger partial charge in [-0.15, -0.1) is 0 Å². The smallest absolute Gasteiger partial charge is 0.243 e. The number of carbonyl (C=O) groups is 5. The lowest BCUT2D eigenvalue weighted by Gasteiger charge is -2.29. The van der Waals surface area contributed by atoms with E-state index in [0.717, 1.165) is 0 Å². The van der Waals surface area contributed by atoms with Crippen LogP contribution in [0.25, 0.3) is 0 Å². The lowest BCUT2D eigenvalue weighted by atomic mass is 9.93. The number of amides is 4. The minimum absolute atomic E-state index is 0.0182. The van der Waals surface area contributed by atoms with Crippen molar-refractivity contribution in [1.82, 2.24) is 26.2 Å². The summed E-state index contributed by atoms with van der Waals surface area (Å²) in [6, 6.07) is 10.4. The van der Waals surface area contributed by atoms with Gasteiger partial charge in [0.05, 0.1) is 37.8 Å². The van der Waals surface area contributed by atoms with Crippen molar-refractivity contribution >= 4 is 29.4 Å². The second kappa shape index (κ2) is 19.6. The van der Waals surface area contributed by atoms with Crippen LogP contribution >= 0.6 is 0 Å². The summed E-state index contributed by atoms with van der Waals surface area (Å²) in [7, 11) is 0. The predicted octanol–water partition coefficient (Wildman–Crippen LogP) is 2.58. The van der Waals surface area contributed by atoms with Gasteiger partial charge in [0, 0.05) is 34.5 Å². The third-order valence-electron chi connectivity index (χ3n) is 8.38. The molecule has 0 radical (unpaired) electrons. The Morgan fingerprint density at radius 3 is 1.96 bits per heavy atom. The van der Waals surface area contributed by atoms with Crippen molar-refractivity contribution in [3.05, 3.63) is 71.8 Å². The first-order valence-electron chi connectivity index (χ1n) is 24.5. The number of hydrogen-bond acceptors (Lipinski definition) is 8. The zero-order chi connectivity index (χ0) is 50.8. The fraction of sp³-hybridized carbons (Fsp3) is 0.575. The maximum atomic E-state index is 14.3. The molecule has 52 heavy (non-hydrogen) atoms. The van der Waals surface area contributed by atoms with E-state index < -0.39 is 118 Å². The Kier molecular flexibility index (Phi) is 9.15. The summed E-state index contributed by atoms with van der Waals surface area (Å²) in [6.45, 7) is -17.3. The highest BCUT2D eigenvalue weighted by Gasteiger charge is 2.50. The summed E-state index contributed by atoms with van der Waals surface area (Å²) in [6.07, 6.45) is -1.49. The van der Waals surface area contributed by atoms with Gasteiger partial charge in [0.25, 0.3) is 0 Å². The Bertz CT molecular complexity index is 2050. The molecule has 2 fully saturated rings. The minimum Gasteiger partial charge on any atom is -0.379 e. The van der Waals surface area contributed by atoms with Gasteiger partial charge in [-0.2, -0.15) is 0 Å². The van der Waals surface area contributed by atoms with Crippen molar-refractivity contribution in [2.45, 2.75) is 96.3 Å². The zero-order valence-electron chi connectivity index (χ0n) is 44.4. The molecule has 0 saturated carbocycles. The molecule has 4 rings (SSSR count). The number of nitrogens with zero attached hydrogens (tertiary/aromatic N) is 1. The molecule has 284 valence electrons. The molecule has 5 atom stereocenters. The van der Waals surface area contributed by atoms with Crippen LogP contribution in [0.1, 0.15) is 85.4 Å². The van der Waals surface area contributed by atoms with E-state index in [9.17, 15) is 24.0 Å². The Labute approximate surface area is 329 Å². The first-order valence-corrected chi connectivity index (χ1v) is 17.0. The van der Waals surface area contributed by atoms with Gasteiger partial charge >= 0.3 is 0 Å². The Morgan fingerprint density at radius 1 is 0.808 bits per heavy atom. The number of epoxide rings is 1. The van der Waals surface area contributed by atoms with E-state index in [1.807, 2.05) is 0 Å². The molecule has 0 unspecified atom stereocenters. The predicted molar refractivity (Wildman–Crippen MR) is 198 cm³/mol. The number of benzene rings is 2. The number of nitrogens with one attached hydrogen (secondary N) is 4. The summed E-state index contributed by atoms with van der Waals surface area (Å²) < 4.78 is 131. The average Bonchev–Trinajstić information content (AvgIpc) is 3.96. The van der Waals surface area contributed by atoms with Gasteiger partial charge < -0.3 is 30.7 Å². The number of carbonyl (C=O) groups excluding carboxylic acids is 5. The summed E-state index contributed by atoms with van der Waals surface area (Å²) in [5, 5.41) is 9.96. The second-order valence-corrected chi connectivity index (χ2v) is 13.3. The van der Waals surface area contributed by atoms with E-state index >= 15 is 0 Å². The van der Waals surface area contributed by atoms with E-state index in [0.29, 0.717) is 11.1 Å². The van der Waals surface area contributed by atoms with Gasteiger partial charge in [-0.3, -0.25) is 28.9 Å². The first kappa shape index (κ1) is 24.2. The topological polar surface area (TPSA) is 158 Å². The van der Waals surface area contributed by atoms with E-state index in [-0.39, 0.29) is 43.1 Å². The fourth-order valence-electron chi connectivity index (χ4n) is 5.51. The largest absolute Gasteiger partial charge is 0.379 e. The van der Waals surface area contributed by atoms with Crippen molar-refractivity contribution in [2.24, 2.45) is 11.8 Å². The maximum absolute atomic E-state index is 14.3. The third-order valence-corrected chi connectivity index (χ3v) is 8.38. The van der Waals surface area contributed by atoms with E-state index in [2.05, 4.69) is 26.0 Å². The summed E-state index contributed by atoms with van der Waals surface area (Å²) in [4.78, 5) is 70.2. The lowest BCUT2D eigenvalue weighted by Crippen LogP contribution is -2.59. The quantitative estimate of drug-likeness (QED) is 0.151. The molecule has 2 aliphatic rings. The molecule has 2 aromatic carbocycles. The van der Waals surface area contributed by atoms with E-state index in [4.69, 9.17) is 25.3 Å². The Balaban J connectivity index is 1.65. The normalized spacial score (nSPS) is 28.4. The molecular weight excluding hydrogens is 662 g/mol. The SMILES string of the molecule is [2H]C([2H])([2H])C([2H])(C[C@H](NC(=O)[C@H](Cc1ccccc1)NC(=O)[C@H](CC(C)C)NC(=O)[C@H](CCc1ccccc1)NC(=O)CN1C([2H])([2H])C([2H])([2H])OC([2H])([2H])C1([2H])[2H])C(=O)[C@@]1(C)CO1)C([2H])([2H])[2H]. The molecule has 0 bridgehead atoms. The standard InChI is InChI=1S/C40H57N5O7/c1-27(2)22-32(36(47)40(5)26-52-40)42-39(50)34(24-30-14-10-7-11-15-30)44-38(49)33(23-28(3)4)43-37(48)31(17-16-29-12-8-6-9-13-29)41-35(46)25-45-18-20-51-21-19-45/h6-15,27-28,31-34H,16-26H2,1-5H3,(H,41,46)(H,42,50)(H,43,48)(H,44,49)/t31-,32-,33-,34-,40+/m0/s1/i1D3,2D3,18D2,19D2,20D2,21D2,27D. The van der Waals surface area contributed by atoms with E-state index in [1.54, 1.807) is 74.5 Å². The fourth-order valence-corrected chi connectivity index (χ4v) is 5.51. The monoisotopic (exact) mass is 735 g/mol.